The zero-order valence-corrected chi connectivity index (χ0v) is 24.2. The van der Waals surface area contributed by atoms with Crippen molar-refractivity contribution in [1.82, 2.24) is 30.2 Å². The van der Waals surface area contributed by atoms with Crippen molar-refractivity contribution in [2.45, 2.75) is 39.0 Å². The number of fused-ring (bicyclic) bond motifs is 1. The van der Waals surface area contributed by atoms with Gasteiger partial charge < -0.3 is 15.3 Å². The van der Waals surface area contributed by atoms with Crippen molar-refractivity contribution in [2.75, 3.05) is 32.5 Å². The minimum Gasteiger partial charge on any atom is -0.481 e. The molecule has 4 rings (SSSR count). The molecule has 0 saturated heterocycles. The van der Waals surface area contributed by atoms with E-state index < -0.39 is 17.3 Å². The molecular formula is C29H35N7O3S. The highest BCUT2D eigenvalue weighted by Gasteiger charge is 2.38. The second-order valence-electron chi connectivity index (χ2n) is 10.4. The third kappa shape index (κ3) is 6.60. The number of hydrogen-bond acceptors (Lipinski definition) is 8. The van der Waals surface area contributed by atoms with E-state index in [4.69, 9.17) is 0 Å². The molecule has 0 spiro atoms. The molecule has 0 saturated carbocycles. The van der Waals surface area contributed by atoms with Gasteiger partial charge in [0.1, 0.15) is 5.82 Å². The molecule has 10 nitrogen and oxygen atoms in total. The smallest absolute Gasteiger partial charge is 0.321 e. The molecule has 11 heteroatoms. The number of urea groups is 1. The number of thiazole rings is 1. The number of carbonyl (C=O) groups excluding carboxylic acids is 1. The van der Waals surface area contributed by atoms with E-state index in [1.807, 2.05) is 65.2 Å². The molecule has 210 valence electrons. The van der Waals surface area contributed by atoms with E-state index in [0.29, 0.717) is 29.4 Å². The summed E-state index contributed by atoms with van der Waals surface area (Å²) in [6.07, 6.45) is 6.50. The number of aliphatic carboxylic acids is 1. The zero-order chi connectivity index (χ0) is 28.9. The van der Waals surface area contributed by atoms with Gasteiger partial charge in [-0.1, -0.05) is 31.3 Å². The van der Waals surface area contributed by atoms with Crippen LogP contribution in [0.4, 0.5) is 9.93 Å². The predicted octanol–water partition coefficient (Wildman–Crippen LogP) is 5.28. The Morgan fingerprint density at radius 2 is 1.85 bits per heavy atom. The summed E-state index contributed by atoms with van der Waals surface area (Å²) in [6, 6.07) is 9.36. The van der Waals surface area contributed by atoms with Crippen molar-refractivity contribution < 1.29 is 14.7 Å². The van der Waals surface area contributed by atoms with Crippen LogP contribution in [0.2, 0.25) is 0 Å². The Balaban J connectivity index is 1.69. The SMILES string of the molecule is CCNC(=O)Nc1nc2cc(-c3cnc(C(C)(C)C(CCCN(C)C)C(=O)O)nc3)cc(-c3ccccn3)c2s1. The van der Waals surface area contributed by atoms with E-state index >= 15 is 0 Å². The highest BCUT2D eigenvalue weighted by atomic mass is 32.1. The first-order valence-corrected chi connectivity index (χ1v) is 14.0. The second-order valence-corrected chi connectivity index (χ2v) is 11.4. The number of pyridine rings is 1. The van der Waals surface area contributed by atoms with Crippen LogP contribution < -0.4 is 10.6 Å². The fourth-order valence-corrected chi connectivity index (χ4v) is 5.60. The van der Waals surface area contributed by atoms with Gasteiger partial charge in [-0.3, -0.25) is 15.1 Å². The molecule has 1 atom stereocenters. The molecule has 0 radical (unpaired) electrons. The lowest BCUT2D eigenvalue weighted by Crippen LogP contribution is -2.36. The standard InChI is InChI=1S/C29H35N7O3S/c1-6-30-27(39)35-28-34-23-15-18(14-20(24(23)40-28)22-11-7-8-12-31-22)19-16-32-26(33-17-19)29(2,3)21(25(37)38)10-9-13-36(4)5/h7-8,11-12,14-17,21H,6,9-10,13H2,1-5H3,(H,37,38)(H2,30,34,35,39). The zero-order valence-electron chi connectivity index (χ0n) is 23.4. The number of nitrogens with zero attached hydrogens (tertiary/aromatic N) is 5. The van der Waals surface area contributed by atoms with Crippen LogP contribution in [0.5, 0.6) is 0 Å². The molecule has 1 unspecified atom stereocenters. The quantitative estimate of drug-likeness (QED) is 0.225. The summed E-state index contributed by atoms with van der Waals surface area (Å²) in [5, 5.41) is 16.0. The predicted molar refractivity (Wildman–Crippen MR) is 159 cm³/mol. The summed E-state index contributed by atoms with van der Waals surface area (Å²) in [5.41, 5.74) is 3.23. The van der Waals surface area contributed by atoms with Crippen LogP contribution >= 0.6 is 11.3 Å². The molecule has 3 N–H and O–H groups in total. The van der Waals surface area contributed by atoms with E-state index in [1.54, 1.807) is 18.6 Å². The van der Waals surface area contributed by atoms with Crippen molar-refractivity contribution >= 4 is 38.7 Å². The number of carboxylic acids is 1. The molecule has 40 heavy (non-hydrogen) atoms. The summed E-state index contributed by atoms with van der Waals surface area (Å²) in [4.78, 5) is 44.8. The van der Waals surface area contributed by atoms with Crippen LogP contribution in [-0.4, -0.2) is 69.1 Å². The number of aromatic nitrogens is 4. The molecule has 0 aliphatic rings. The normalized spacial score (nSPS) is 12.4. The molecule has 2 amide bonds. The van der Waals surface area contributed by atoms with Gasteiger partial charge in [0.15, 0.2) is 5.13 Å². The number of carbonyl (C=O) groups is 2. The minimum absolute atomic E-state index is 0.311. The van der Waals surface area contributed by atoms with E-state index in [9.17, 15) is 14.7 Å². The lowest BCUT2D eigenvalue weighted by molar-refractivity contribution is -0.144. The number of amides is 2. The van der Waals surface area contributed by atoms with Gasteiger partial charge in [-0.05, 0) is 70.2 Å². The molecule has 0 aliphatic heterocycles. The maximum absolute atomic E-state index is 12.2. The van der Waals surface area contributed by atoms with Gasteiger partial charge in [0.2, 0.25) is 0 Å². The molecule has 3 aromatic heterocycles. The van der Waals surface area contributed by atoms with Gasteiger partial charge in [-0.2, -0.15) is 0 Å². The van der Waals surface area contributed by atoms with E-state index in [2.05, 4.69) is 35.5 Å². The summed E-state index contributed by atoms with van der Waals surface area (Å²) < 4.78 is 0.898. The Morgan fingerprint density at radius 1 is 1.10 bits per heavy atom. The van der Waals surface area contributed by atoms with Crippen molar-refractivity contribution in [3.63, 3.8) is 0 Å². The van der Waals surface area contributed by atoms with Crippen LogP contribution in [0, 0.1) is 5.92 Å². The number of anilines is 1. The van der Waals surface area contributed by atoms with Crippen LogP contribution in [-0.2, 0) is 10.2 Å². The molecule has 0 bridgehead atoms. The van der Waals surface area contributed by atoms with Crippen molar-refractivity contribution in [3.05, 3.63) is 54.7 Å². The van der Waals surface area contributed by atoms with Gasteiger partial charge in [0.05, 0.1) is 21.8 Å². The second kappa shape index (κ2) is 12.5. The Labute approximate surface area is 237 Å². The lowest BCUT2D eigenvalue weighted by Gasteiger charge is -2.30. The Kier molecular flexibility index (Phi) is 9.06. The maximum atomic E-state index is 12.2. The first kappa shape index (κ1) is 29.0. The van der Waals surface area contributed by atoms with Gasteiger partial charge in [0, 0.05) is 41.7 Å². The summed E-state index contributed by atoms with van der Waals surface area (Å²) in [7, 11) is 3.96. The lowest BCUT2D eigenvalue weighted by atomic mass is 9.75. The van der Waals surface area contributed by atoms with Crippen LogP contribution in [0.1, 0.15) is 39.4 Å². The number of benzene rings is 1. The van der Waals surface area contributed by atoms with Crippen LogP contribution in [0.15, 0.2) is 48.9 Å². The van der Waals surface area contributed by atoms with Crippen molar-refractivity contribution in [2.24, 2.45) is 5.92 Å². The molecular weight excluding hydrogens is 526 g/mol. The molecule has 0 fully saturated rings. The van der Waals surface area contributed by atoms with Crippen LogP contribution in [0.25, 0.3) is 32.6 Å². The van der Waals surface area contributed by atoms with E-state index in [1.165, 1.54) is 11.3 Å². The third-order valence-electron chi connectivity index (χ3n) is 6.82. The molecule has 1 aromatic carbocycles. The maximum Gasteiger partial charge on any atom is 0.321 e. The summed E-state index contributed by atoms with van der Waals surface area (Å²) >= 11 is 1.38. The molecule has 4 aromatic rings. The highest BCUT2D eigenvalue weighted by Crippen LogP contribution is 2.38. The average molecular weight is 562 g/mol. The number of hydrogen-bond donors (Lipinski definition) is 3. The summed E-state index contributed by atoms with van der Waals surface area (Å²) in [6.45, 7) is 6.96. The fourth-order valence-electron chi connectivity index (χ4n) is 4.64. The summed E-state index contributed by atoms with van der Waals surface area (Å²) in [5.74, 6) is -0.972. The Bertz CT molecular complexity index is 1470. The monoisotopic (exact) mass is 561 g/mol. The average Bonchev–Trinajstić information content (AvgIpc) is 3.33. The van der Waals surface area contributed by atoms with Gasteiger partial charge in [-0.15, -0.1) is 0 Å². The molecule has 0 aliphatic carbocycles. The van der Waals surface area contributed by atoms with Gasteiger partial charge in [0.25, 0.3) is 0 Å². The van der Waals surface area contributed by atoms with Gasteiger partial charge >= 0.3 is 12.0 Å². The van der Waals surface area contributed by atoms with Crippen molar-refractivity contribution in [1.29, 1.82) is 0 Å². The highest BCUT2D eigenvalue weighted by molar-refractivity contribution is 7.22. The third-order valence-corrected chi connectivity index (χ3v) is 7.84. The topological polar surface area (TPSA) is 133 Å². The largest absolute Gasteiger partial charge is 0.481 e. The van der Waals surface area contributed by atoms with E-state index in [-0.39, 0.29) is 6.03 Å². The fraction of sp³-hybridized carbons (Fsp3) is 0.379. The first-order valence-electron chi connectivity index (χ1n) is 13.2. The Morgan fingerprint density at radius 3 is 2.48 bits per heavy atom. The van der Waals surface area contributed by atoms with Crippen molar-refractivity contribution in [3.8, 4) is 22.4 Å². The first-order chi connectivity index (χ1) is 19.1. The number of rotatable bonds is 11. The molecule has 3 heterocycles. The van der Waals surface area contributed by atoms with E-state index in [0.717, 1.165) is 40.0 Å². The van der Waals surface area contributed by atoms with Crippen LogP contribution in [0.3, 0.4) is 0 Å². The van der Waals surface area contributed by atoms with Gasteiger partial charge in [-0.25, -0.2) is 19.7 Å². The Hall–Kier alpha value is -3.96. The number of carboxylic acid groups (broad SMARTS) is 1. The minimum atomic E-state index is -0.845. The number of nitrogens with one attached hydrogen (secondary N) is 2.